The van der Waals surface area contributed by atoms with Crippen LogP contribution in [0.25, 0.3) is 0 Å². The zero-order chi connectivity index (χ0) is 23.3. The number of carbonyl (C=O) groups is 1. The minimum atomic E-state index is -0.550. The highest BCUT2D eigenvalue weighted by Gasteiger charge is 2.18. The zero-order valence-corrected chi connectivity index (χ0v) is 19.2. The number of hydrogen-bond donors (Lipinski definition) is 3. The van der Waals surface area contributed by atoms with Crippen LogP contribution in [0.5, 0.6) is 17.2 Å². The second-order valence-corrected chi connectivity index (χ2v) is 7.25. The maximum absolute atomic E-state index is 12.3. The summed E-state index contributed by atoms with van der Waals surface area (Å²) in [7, 11) is 4.50. The molecular formula is C24H34N2O6. The molecule has 3 N–H and O–H groups in total. The summed E-state index contributed by atoms with van der Waals surface area (Å²) in [4.78, 5) is 12.3. The normalized spacial score (nSPS) is 12.7. The van der Waals surface area contributed by atoms with Crippen LogP contribution in [0.3, 0.4) is 0 Å². The first-order valence-electron chi connectivity index (χ1n) is 10.7. The molecule has 32 heavy (non-hydrogen) atoms. The third kappa shape index (κ3) is 7.40. The van der Waals surface area contributed by atoms with Crippen LogP contribution in [0.15, 0.2) is 42.5 Å². The van der Waals surface area contributed by atoms with E-state index < -0.39 is 12.1 Å². The van der Waals surface area contributed by atoms with Crippen molar-refractivity contribution in [3.63, 3.8) is 0 Å². The first kappa shape index (κ1) is 25.5. The van der Waals surface area contributed by atoms with Gasteiger partial charge in [0.2, 0.25) is 5.75 Å². The molecule has 0 saturated carbocycles. The molecule has 8 heteroatoms. The number of rotatable bonds is 14. The number of ether oxygens (including phenoxy) is 4. The molecule has 2 aromatic rings. The number of aliphatic hydroxyl groups excluding tert-OH is 1. The molecule has 0 fully saturated rings. The number of aliphatic hydroxyl groups is 1. The molecule has 0 amide bonds. The fraction of sp³-hybridized carbons (Fsp3) is 0.458. The minimum Gasteiger partial charge on any atom is -0.493 e. The molecule has 8 nitrogen and oxygen atoms in total. The molecule has 0 bridgehead atoms. The Kier molecular flexibility index (Phi) is 10.8. The fourth-order valence-electron chi connectivity index (χ4n) is 3.21. The summed E-state index contributed by atoms with van der Waals surface area (Å²) >= 11 is 0. The summed E-state index contributed by atoms with van der Waals surface area (Å²) in [6.45, 7) is 4.42. The van der Waals surface area contributed by atoms with Gasteiger partial charge in [-0.15, -0.1) is 0 Å². The number of carbonyl (C=O) groups excluding carboxylic acids is 1. The Labute approximate surface area is 189 Å². The van der Waals surface area contributed by atoms with Crippen molar-refractivity contribution < 1.29 is 28.8 Å². The quantitative estimate of drug-likeness (QED) is 0.301. The number of esters is 1. The average molecular weight is 447 g/mol. The highest BCUT2D eigenvalue weighted by atomic mass is 16.5. The Morgan fingerprint density at radius 1 is 0.969 bits per heavy atom. The Morgan fingerprint density at radius 3 is 2.22 bits per heavy atom. The van der Waals surface area contributed by atoms with Gasteiger partial charge in [0, 0.05) is 19.1 Å². The van der Waals surface area contributed by atoms with E-state index in [1.807, 2.05) is 37.3 Å². The van der Waals surface area contributed by atoms with Crippen LogP contribution in [0.2, 0.25) is 0 Å². The van der Waals surface area contributed by atoms with Gasteiger partial charge in [0.25, 0.3) is 0 Å². The topological polar surface area (TPSA) is 98.3 Å². The Bertz CT molecular complexity index is 805. The predicted molar refractivity (Wildman–Crippen MR) is 123 cm³/mol. The third-order valence-electron chi connectivity index (χ3n) is 5.01. The Morgan fingerprint density at radius 2 is 1.62 bits per heavy atom. The highest BCUT2D eigenvalue weighted by molar-refractivity contribution is 5.91. The molecule has 2 atom stereocenters. The molecule has 0 heterocycles. The highest BCUT2D eigenvalue weighted by Crippen LogP contribution is 2.38. The SMILES string of the molecule is COc1cc(C(=O)OCCCNCCNC(C)C(O)c2ccccc2)cc(OC)c1OC. The molecular weight excluding hydrogens is 412 g/mol. The lowest BCUT2D eigenvalue weighted by atomic mass is 10.0. The van der Waals surface area contributed by atoms with E-state index >= 15 is 0 Å². The number of benzene rings is 2. The van der Waals surface area contributed by atoms with E-state index in [-0.39, 0.29) is 6.04 Å². The van der Waals surface area contributed by atoms with Crippen molar-refractivity contribution in [2.45, 2.75) is 25.5 Å². The fourth-order valence-corrected chi connectivity index (χ4v) is 3.21. The average Bonchev–Trinajstić information content (AvgIpc) is 2.84. The molecule has 2 unspecified atom stereocenters. The summed E-state index contributed by atoms with van der Waals surface area (Å²) in [5.41, 5.74) is 1.23. The van der Waals surface area contributed by atoms with Crippen molar-refractivity contribution in [3.8, 4) is 17.2 Å². The molecule has 0 aliphatic heterocycles. The predicted octanol–water partition coefficient (Wildman–Crippen LogP) is 2.56. The van der Waals surface area contributed by atoms with Gasteiger partial charge in [-0.25, -0.2) is 4.79 Å². The smallest absolute Gasteiger partial charge is 0.338 e. The van der Waals surface area contributed by atoms with E-state index in [1.165, 1.54) is 21.3 Å². The lowest BCUT2D eigenvalue weighted by Crippen LogP contribution is -2.37. The van der Waals surface area contributed by atoms with Crippen LogP contribution in [-0.4, -0.2) is 64.7 Å². The lowest BCUT2D eigenvalue weighted by Gasteiger charge is -2.20. The van der Waals surface area contributed by atoms with Gasteiger partial charge in [-0.3, -0.25) is 0 Å². The first-order chi connectivity index (χ1) is 15.5. The van der Waals surface area contributed by atoms with Crippen molar-refractivity contribution in [3.05, 3.63) is 53.6 Å². The maximum Gasteiger partial charge on any atom is 0.338 e. The second-order valence-electron chi connectivity index (χ2n) is 7.25. The molecule has 176 valence electrons. The summed E-state index contributed by atoms with van der Waals surface area (Å²) in [6.07, 6.45) is 0.129. The van der Waals surface area contributed by atoms with Crippen molar-refractivity contribution in [2.75, 3.05) is 47.6 Å². The van der Waals surface area contributed by atoms with Gasteiger partial charge in [-0.05, 0) is 37.6 Å². The van der Waals surface area contributed by atoms with Crippen molar-refractivity contribution >= 4 is 5.97 Å². The molecule has 0 aliphatic carbocycles. The van der Waals surface area contributed by atoms with Gasteiger partial charge in [-0.2, -0.15) is 0 Å². The number of methoxy groups -OCH3 is 3. The van der Waals surface area contributed by atoms with Crippen LogP contribution >= 0.6 is 0 Å². The standard InChI is InChI=1S/C24H34N2O6/c1-17(22(27)18-9-6-5-7-10-18)26-13-12-25-11-8-14-32-24(28)19-15-20(29-2)23(31-4)21(16-19)30-3/h5-7,9-10,15-17,22,25-27H,8,11-14H2,1-4H3. The molecule has 0 spiro atoms. The molecule has 2 rings (SSSR count). The number of hydrogen-bond acceptors (Lipinski definition) is 8. The third-order valence-corrected chi connectivity index (χ3v) is 5.01. The Balaban J connectivity index is 1.64. The molecule has 0 aliphatic rings. The summed E-state index contributed by atoms with van der Waals surface area (Å²) < 4.78 is 21.1. The monoisotopic (exact) mass is 446 g/mol. The molecule has 0 aromatic heterocycles. The van der Waals surface area contributed by atoms with Gasteiger partial charge in [0.15, 0.2) is 11.5 Å². The van der Waals surface area contributed by atoms with Crippen LogP contribution in [0, 0.1) is 0 Å². The summed E-state index contributed by atoms with van der Waals surface area (Å²) in [5.74, 6) is 0.781. The van der Waals surface area contributed by atoms with Gasteiger partial charge in [-0.1, -0.05) is 30.3 Å². The maximum atomic E-state index is 12.3. The summed E-state index contributed by atoms with van der Waals surface area (Å²) in [6, 6.07) is 12.7. The van der Waals surface area contributed by atoms with E-state index in [0.29, 0.717) is 42.4 Å². The van der Waals surface area contributed by atoms with E-state index in [1.54, 1.807) is 12.1 Å². The van der Waals surface area contributed by atoms with Crippen LogP contribution in [0.4, 0.5) is 0 Å². The number of nitrogens with one attached hydrogen (secondary N) is 2. The van der Waals surface area contributed by atoms with E-state index in [2.05, 4.69) is 10.6 Å². The molecule has 0 radical (unpaired) electrons. The van der Waals surface area contributed by atoms with Crippen LogP contribution in [-0.2, 0) is 4.74 Å². The van der Waals surface area contributed by atoms with Gasteiger partial charge < -0.3 is 34.7 Å². The van der Waals surface area contributed by atoms with Crippen LogP contribution < -0.4 is 24.8 Å². The Hall–Kier alpha value is -2.81. The molecule has 0 saturated heterocycles. The zero-order valence-electron chi connectivity index (χ0n) is 19.2. The first-order valence-corrected chi connectivity index (χ1v) is 10.7. The van der Waals surface area contributed by atoms with Gasteiger partial charge in [0.1, 0.15) is 0 Å². The van der Waals surface area contributed by atoms with Crippen molar-refractivity contribution in [1.29, 1.82) is 0 Å². The van der Waals surface area contributed by atoms with Crippen molar-refractivity contribution in [1.82, 2.24) is 10.6 Å². The van der Waals surface area contributed by atoms with E-state index in [4.69, 9.17) is 18.9 Å². The minimum absolute atomic E-state index is 0.0568. The van der Waals surface area contributed by atoms with Crippen LogP contribution in [0.1, 0.15) is 35.4 Å². The molecule has 2 aromatic carbocycles. The summed E-state index contributed by atoms with van der Waals surface area (Å²) in [5, 5.41) is 17.0. The lowest BCUT2D eigenvalue weighted by molar-refractivity contribution is 0.0500. The second kappa shape index (κ2) is 13.6. The van der Waals surface area contributed by atoms with Crippen molar-refractivity contribution in [2.24, 2.45) is 0 Å². The largest absolute Gasteiger partial charge is 0.493 e. The van der Waals surface area contributed by atoms with E-state index in [0.717, 1.165) is 18.7 Å². The van der Waals surface area contributed by atoms with E-state index in [9.17, 15) is 9.90 Å². The van der Waals surface area contributed by atoms with Gasteiger partial charge >= 0.3 is 5.97 Å². The van der Waals surface area contributed by atoms with Gasteiger partial charge in [0.05, 0.1) is 39.6 Å².